The van der Waals surface area contributed by atoms with Crippen LogP contribution in [0.2, 0.25) is 0 Å². The molecule has 4 fully saturated rings. The third-order valence-corrected chi connectivity index (χ3v) is 13.4. The maximum Gasteiger partial charge on any atom is 0.302 e. The Bertz CT molecular complexity index is 827. The summed E-state index contributed by atoms with van der Waals surface area (Å²) < 4.78 is 5.89. The van der Waals surface area contributed by atoms with Gasteiger partial charge in [0, 0.05) is 12.3 Å². The van der Waals surface area contributed by atoms with E-state index in [2.05, 4.69) is 62.0 Å². The summed E-state index contributed by atoms with van der Waals surface area (Å²) in [6, 6.07) is 0. The molecule has 35 heavy (non-hydrogen) atoms. The highest BCUT2D eigenvalue weighted by molar-refractivity contribution is 5.66. The Morgan fingerprint density at radius 3 is 2.14 bits per heavy atom. The van der Waals surface area contributed by atoms with Gasteiger partial charge in [-0.15, -0.1) is 0 Å². The van der Waals surface area contributed by atoms with Crippen molar-refractivity contribution in [3.05, 3.63) is 12.2 Å². The summed E-state index contributed by atoms with van der Waals surface area (Å²) in [6.45, 7) is 25.8. The van der Waals surface area contributed by atoms with Gasteiger partial charge in [0.1, 0.15) is 6.10 Å². The van der Waals surface area contributed by atoms with E-state index in [0.717, 1.165) is 30.1 Å². The molecule has 4 aliphatic rings. The van der Waals surface area contributed by atoms with Crippen LogP contribution in [0.15, 0.2) is 12.2 Å². The van der Waals surface area contributed by atoms with Crippen molar-refractivity contribution in [2.45, 2.75) is 133 Å². The van der Waals surface area contributed by atoms with Crippen LogP contribution in [0.3, 0.4) is 0 Å². The average Bonchev–Trinajstić information content (AvgIpc) is 3.05. The van der Waals surface area contributed by atoms with E-state index in [9.17, 15) is 4.79 Å². The maximum atomic E-state index is 11.8. The fourth-order valence-corrected chi connectivity index (χ4v) is 10.8. The Morgan fingerprint density at radius 2 is 1.51 bits per heavy atom. The first kappa shape index (κ1) is 27.3. The van der Waals surface area contributed by atoms with Gasteiger partial charge in [-0.25, -0.2) is 0 Å². The molecule has 2 nitrogen and oxygen atoms in total. The minimum absolute atomic E-state index is 0.0675. The second kappa shape index (κ2) is 9.20. The first-order chi connectivity index (χ1) is 16.2. The Labute approximate surface area is 217 Å². The summed E-state index contributed by atoms with van der Waals surface area (Å²) in [5.74, 6) is 4.56. The van der Waals surface area contributed by atoms with Crippen molar-refractivity contribution in [2.75, 3.05) is 0 Å². The van der Waals surface area contributed by atoms with Crippen LogP contribution in [0.25, 0.3) is 0 Å². The summed E-state index contributed by atoms with van der Waals surface area (Å²) in [7, 11) is 0. The van der Waals surface area contributed by atoms with Gasteiger partial charge in [0.2, 0.25) is 0 Å². The molecule has 0 unspecified atom stereocenters. The van der Waals surface area contributed by atoms with Crippen molar-refractivity contribution in [3.63, 3.8) is 0 Å². The summed E-state index contributed by atoms with van der Waals surface area (Å²) in [6.07, 6.45) is 13.4. The number of carbonyl (C=O) groups is 1. The van der Waals surface area contributed by atoms with Crippen LogP contribution in [-0.4, -0.2) is 12.1 Å². The Morgan fingerprint density at radius 1 is 0.857 bits per heavy atom. The number of rotatable bonds is 6. The van der Waals surface area contributed by atoms with Crippen LogP contribution >= 0.6 is 0 Å². The molecule has 200 valence electrons. The molecule has 0 saturated heterocycles. The van der Waals surface area contributed by atoms with E-state index in [1.165, 1.54) is 63.4 Å². The van der Waals surface area contributed by atoms with E-state index in [4.69, 9.17) is 4.74 Å². The van der Waals surface area contributed by atoms with Gasteiger partial charge in [-0.05, 0) is 123 Å². The minimum Gasteiger partial charge on any atom is -0.462 e. The van der Waals surface area contributed by atoms with E-state index >= 15 is 0 Å². The number of hydrogen-bond acceptors (Lipinski definition) is 2. The molecule has 0 aromatic rings. The molecule has 0 heterocycles. The van der Waals surface area contributed by atoms with Crippen molar-refractivity contribution in [2.24, 2.45) is 57.2 Å². The van der Waals surface area contributed by atoms with Crippen molar-refractivity contribution in [1.29, 1.82) is 0 Å². The fraction of sp³-hybridized carbons (Fsp3) is 0.909. The van der Waals surface area contributed by atoms with Crippen LogP contribution in [0.5, 0.6) is 0 Å². The molecule has 10 atom stereocenters. The molecular formula is C33H56O2. The molecule has 0 amide bonds. The Balaban J connectivity index is 1.54. The summed E-state index contributed by atoms with van der Waals surface area (Å²) in [5.41, 5.74) is 2.75. The zero-order valence-electron chi connectivity index (χ0n) is 24.6. The highest BCUT2D eigenvalue weighted by atomic mass is 16.5. The lowest BCUT2D eigenvalue weighted by molar-refractivity contribution is -0.209. The SMILES string of the molecule is C=C(C)[C@@H](C)CC[C@@H](C)[C@H]1CC[C@@]2(C)[C@@H]3CC[C@H]4C(C)(C)[C@H](OC(C)=O)CC[C@]4(C)[C@H]3CC[C@]12C. The van der Waals surface area contributed by atoms with E-state index in [0.29, 0.717) is 28.1 Å². The Kier molecular flexibility index (Phi) is 7.16. The monoisotopic (exact) mass is 484 g/mol. The zero-order valence-corrected chi connectivity index (χ0v) is 24.6. The van der Waals surface area contributed by atoms with Crippen LogP contribution in [0.4, 0.5) is 0 Å². The molecule has 0 bridgehead atoms. The van der Waals surface area contributed by atoms with Crippen molar-refractivity contribution < 1.29 is 9.53 Å². The third kappa shape index (κ3) is 4.16. The van der Waals surface area contributed by atoms with Crippen molar-refractivity contribution >= 4 is 5.97 Å². The highest BCUT2D eigenvalue weighted by Gasteiger charge is 2.67. The molecule has 0 aromatic carbocycles. The standard InChI is InChI=1S/C33H56O2/c1-21(2)22(3)11-12-23(4)25-15-19-33(10)27-13-14-28-30(6,7)29(35-24(5)34)17-18-31(28,8)26(27)16-20-32(25,33)9/h22-23,25-29H,1,11-20H2,2-10H3/t22-,23+,25+,26-,27+,28-,29+,31+,32+,33-/m0/s1. The largest absolute Gasteiger partial charge is 0.462 e. The smallest absolute Gasteiger partial charge is 0.302 e. The number of carbonyl (C=O) groups excluding carboxylic acids is 1. The molecule has 0 N–H and O–H groups in total. The number of allylic oxidation sites excluding steroid dienone is 1. The van der Waals surface area contributed by atoms with Gasteiger partial charge >= 0.3 is 5.97 Å². The normalized spacial score (nSPS) is 46.0. The molecule has 2 heteroatoms. The van der Waals surface area contributed by atoms with Gasteiger partial charge in [-0.2, -0.15) is 0 Å². The molecule has 0 spiro atoms. The van der Waals surface area contributed by atoms with Crippen LogP contribution in [0.1, 0.15) is 127 Å². The van der Waals surface area contributed by atoms with Gasteiger partial charge in [0.25, 0.3) is 0 Å². The van der Waals surface area contributed by atoms with Gasteiger partial charge in [-0.1, -0.05) is 60.6 Å². The first-order valence-corrected chi connectivity index (χ1v) is 15.0. The highest BCUT2D eigenvalue weighted by Crippen LogP contribution is 2.74. The Hall–Kier alpha value is -0.790. The fourth-order valence-electron chi connectivity index (χ4n) is 10.8. The molecule has 0 aliphatic heterocycles. The second-order valence-electron chi connectivity index (χ2n) is 15.1. The van der Waals surface area contributed by atoms with Crippen LogP contribution in [-0.2, 0) is 9.53 Å². The van der Waals surface area contributed by atoms with Crippen LogP contribution < -0.4 is 0 Å². The van der Waals surface area contributed by atoms with E-state index in [-0.39, 0.29) is 17.5 Å². The molecular weight excluding hydrogens is 428 g/mol. The van der Waals surface area contributed by atoms with E-state index in [1.807, 2.05) is 0 Å². The summed E-state index contributed by atoms with van der Waals surface area (Å²) in [4.78, 5) is 11.8. The predicted molar refractivity (Wildman–Crippen MR) is 147 cm³/mol. The third-order valence-electron chi connectivity index (χ3n) is 13.4. The van der Waals surface area contributed by atoms with Gasteiger partial charge in [0.15, 0.2) is 0 Å². The molecule has 4 saturated carbocycles. The maximum absolute atomic E-state index is 11.8. The second-order valence-corrected chi connectivity index (χ2v) is 15.1. The molecule has 0 aromatic heterocycles. The van der Waals surface area contributed by atoms with E-state index in [1.54, 1.807) is 6.92 Å². The van der Waals surface area contributed by atoms with Crippen molar-refractivity contribution in [3.8, 4) is 0 Å². The van der Waals surface area contributed by atoms with Gasteiger partial charge < -0.3 is 4.74 Å². The number of hydrogen-bond donors (Lipinski definition) is 0. The minimum atomic E-state index is -0.106. The number of fused-ring (bicyclic) bond motifs is 5. The van der Waals surface area contributed by atoms with Crippen LogP contribution in [0, 0.1) is 57.2 Å². The van der Waals surface area contributed by atoms with E-state index < -0.39 is 0 Å². The first-order valence-electron chi connectivity index (χ1n) is 15.0. The molecule has 0 radical (unpaired) electrons. The molecule has 4 aliphatic carbocycles. The lowest BCUT2D eigenvalue weighted by atomic mass is 9.38. The number of ether oxygens (including phenoxy) is 1. The predicted octanol–water partition coefficient (Wildman–Crippen LogP) is 9.23. The van der Waals surface area contributed by atoms with Crippen molar-refractivity contribution in [1.82, 2.24) is 0 Å². The average molecular weight is 485 g/mol. The summed E-state index contributed by atoms with van der Waals surface area (Å²) >= 11 is 0. The summed E-state index contributed by atoms with van der Waals surface area (Å²) in [5, 5.41) is 0. The van der Waals surface area contributed by atoms with Gasteiger partial charge in [-0.3, -0.25) is 4.79 Å². The number of esters is 1. The molecule has 4 rings (SSSR count). The zero-order chi connectivity index (χ0) is 26.0. The quantitative estimate of drug-likeness (QED) is 0.277. The lowest BCUT2D eigenvalue weighted by Crippen LogP contribution is -2.62. The topological polar surface area (TPSA) is 26.3 Å². The lowest BCUT2D eigenvalue weighted by Gasteiger charge is -2.67. The van der Waals surface area contributed by atoms with Gasteiger partial charge in [0.05, 0.1) is 0 Å².